The second-order valence-electron chi connectivity index (χ2n) is 6.05. The van der Waals surface area contributed by atoms with Crippen molar-refractivity contribution in [2.24, 2.45) is 0 Å². The predicted octanol–water partition coefficient (Wildman–Crippen LogP) is 2.87. The molecule has 6 nitrogen and oxygen atoms in total. The van der Waals surface area contributed by atoms with Crippen LogP contribution >= 0.6 is 0 Å². The average molecular weight is 334 g/mol. The van der Waals surface area contributed by atoms with E-state index >= 15 is 0 Å². The lowest BCUT2D eigenvalue weighted by molar-refractivity contribution is 0.253. The molecule has 4 aromatic rings. The number of fused-ring (bicyclic) bond motifs is 1. The highest BCUT2D eigenvalue weighted by atomic mass is 16.4. The third-order valence-electron chi connectivity index (χ3n) is 4.07. The maximum absolute atomic E-state index is 12.1. The Bertz CT molecular complexity index is 1050. The summed E-state index contributed by atoms with van der Waals surface area (Å²) in [4.78, 5) is 14.1. The van der Waals surface area contributed by atoms with Crippen molar-refractivity contribution in [2.45, 2.75) is 13.2 Å². The summed E-state index contributed by atoms with van der Waals surface area (Å²) in [6, 6.07) is 17.4. The van der Waals surface area contributed by atoms with E-state index in [0.29, 0.717) is 18.8 Å². The lowest BCUT2D eigenvalue weighted by atomic mass is 10.3. The summed E-state index contributed by atoms with van der Waals surface area (Å²) < 4.78 is 8.76. The first-order valence-corrected chi connectivity index (χ1v) is 8.06. The van der Waals surface area contributed by atoms with E-state index < -0.39 is 0 Å². The van der Waals surface area contributed by atoms with Gasteiger partial charge in [0.2, 0.25) is 0 Å². The zero-order valence-electron chi connectivity index (χ0n) is 13.9. The molecule has 0 aliphatic rings. The lowest BCUT2D eigenvalue weighted by Crippen LogP contribution is -2.27. The second kappa shape index (κ2) is 6.41. The van der Waals surface area contributed by atoms with Crippen LogP contribution in [0.15, 0.2) is 76.2 Å². The van der Waals surface area contributed by atoms with Gasteiger partial charge >= 0.3 is 5.76 Å². The number of rotatable bonds is 5. The molecule has 0 unspecified atom stereocenters. The molecule has 0 spiro atoms. The molecular formula is C19H18N4O2. The first-order valence-electron chi connectivity index (χ1n) is 8.06. The minimum Gasteiger partial charge on any atom is -0.408 e. The van der Waals surface area contributed by atoms with E-state index in [1.165, 1.54) is 0 Å². The quantitative estimate of drug-likeness (QED) is 0.563. The summed E-state index contributed by atoms with van der Waals surface area (Å²) in [6.45, 7) is 1.13. The molecule has 2 aromatic carbocycles. The van der Waals surface area contributed by atoms with Crippen molar-refractivity contribution in [3.63, 3.8) is 0 Å². The fourth-order valence-electron chi connectivity index (χ4n) is 2.91. The summed E-state index contributed by atoms with van der Waals surface area (Å²) in [7, 11) is 1.97. The largest absolute Gasteiger partial charge is 0.421 e. The molecule has 6 heteroatoms. The molecule has 0 amide bonds. The number of hydrogen-bond acceptors (Lipinski definition) is 4. The van der Waals surface area contributed by atoms with Gasteiger partial charge in [0.05, 0.1) is 24.1 Å². The molecule has 4 rings (SSSR count). The van der Waals surface area contributed by atoms with Crippen molar-refractivity contribution in [1.29, 1.82) is 0 Å². The number of oxazole rings is 1. The fourth-order valence-corrected chi connectivity index (χ4v) is 2.91. The van der Waals surface area contributed by atoms with E-state index in [4.69, 9.17) is 4.42 Å². The minimum absolute atomic E-state index is 0.340. The van der Waals surface area contributed by atoms with Crippen LogP contribution in [0, 0.1) is 0 Å². The van der Waals surface area contributed by atoms with Crippen LogP contribution in [-0.2, 0) is 13.2 Å². The molecule has 0 aliphatic carbocycles. The van der Waals surface area contributed by atoms with Crippen LogP contribution in [0.5, 0.6) is 0 Å². The van der Waals surface area contributed by atoms with Gasteiger partial charge in [-0.3, -0.25) is 9.47 Å². The third-order valence-corrected chi connectivity index (χ3v) is 4.07. The van der Waals surface area contributed by atoms with Crippen molar-refractivity contribution in [3.8, 4) is 5.69 Å². The van der Waals surface area contributed by atoms with Crippen LogP contribution in [0.1, 0.15) is 5.56 Å². The first kappa shape index (κ1) is 15.4. The van der Waals surface area contributed by atoms with Gasteiger partial charge in [0.25, 0.3) is 0 Å². The number of aromatic nitrogens is 3. The molecule has 2 heterocycles. The van der Waals surface area contributed by atoms with Gasteiger partial charge < -0.3 is 4.42 Å². The molecule has 2 aromatic heterocycles. The van der Waals surface area contributed by atoms with Crippen LogP contribution in [0.3, 0.4) is 0 Å². The van der Waals surface area contributed by atoms with E-state index in [1.807, 2.05) is 72.7 Å². The molecule has 0 saturated carbocycles. The lowest BCUT2D eigenvalue weighted by Gasteiger charge is -2.15. The van der Waals surface area contributed by atoms with Crippen molar-refractivity contribution in [2.75, 3.05) is 7.05 Å². The summed E-state index contributed by atoms with van der Waals surface area (Å²) in [5.74, 6) is -0.340. The normalized spacial score (nSPS) is 11.4. The fraction of sp³-hybridized carbons (Fsp3) is 0.158. The molecule has 25 heavy (non-hydrogen) atoms. The van der Waals surface area contributed by atoms with Crippen molar-refractivity contribution < 1.29 is 4.42 Å². The zero-order chi connectivity index (χ0) is 17.2. The Hall–Kier alpha value is -3.12. The number of para-hydroxylation sites is 3. The smallest absolute Gasteiger partial charge is 0.408 e. The van der Waals surface area contributed by atoms with E-state index in [2.05, 4.69) is 10.00 Å². The molecule has 0 bridgehead atoms. The van der Waals surface area contributed by atoms with Crippen LogP contribution in [0.2, 0.25) is 0 Å². The number of benzene rings is 2. The van der Waals surface area contributed by atoms with E-state index in [-0.39, 0.29) is 5.76 Å². The van der Waals surface area contributed by atoms with Crippen molar-refractivity contribution >= 4 is 11.1 Å². The molecular weight excluding hydrogens is 316 g/mol. The Morgan fingerprint density at radius 1 is 1.08 bits per heavy atom. The average Bonchev–Trinajstić information content (AvgIpc) is 3.21. The predicted molar refractivity (Wildman–Crippen MR) is 95.5 cm³/mol. The SMILES string of the molecule is CN(Cc1cnn(-c2ccccc2)c1)Cn1c(=O)oc2ccccc21. The van der Waals surface area contributed by atoms with Crippen LogP contribution in [0.25, 0.3) is 16.8 Å². The van der Waals surface area contributed by atoms with E-state index in [0.717, 1.165) is 16.8 Å². The van der Waals surface area contributed by atoms with Gasteiger partial charge in [-0.2, -0.15) is 5.10 Å². The Balaban J connectivity index is 1.51. The molecule has 0 radical (unpaired) electrons. The number of nitrogens with zero attached hydrogens (tertiary/aromatic N) is 4. The van der Waals surface area contributed by atoms with Crippen LogP contribution in [-0.4, -0.2) is 26.3 Å². The van der Waals surface area contributed by atoms with Gasteiger partial charge in [0, 0.05) is 18.3 Å². The topological polar surface area (TPSA) is 56.2 Å². The monoisotopic (exact) mass is 334 g/mol. The molecule has 0 saturated heterocycles. The highest BCUT2D eigenvalue weighted by molar-refractivity contribution is 5.72. The van der Waals surface area contributed by atoms with Gasteiger partial charge in [-0.15, -0.1) is 0 Å². The molecule has 0 N–H and O–H groups in total. The molecule has 0 atom stereocenters. The third kappa shape index (κ3) is 3.12. The van der Waals surface area contributed by atoms with E-state index in [1.54, 1.807) is 10.6 Å². The summed E-state index contributed by atoms with van der Waals surface area (Å²) in [6.07, 6.45) is 3.85. The van der Waals surface area contributed by atoms with Gasteiger partial charge in [-0.05, 0) is 31.3 Å². The highest BCUT2D eigenvalue weighted by Crippen LogP contribution is 2.13. The molecule has 0 fully saturated rings. The Morgan fingerprint density at radius 3 is 2.68 bits per heavy atom. The molecule has 126 valence electrons. The molecule has 0 aliphatic heterocycles. The second-order valence-corrected chi connectivity index (χ2v) is 6.05. The van der Waals surface area contributed by atoms with Gasteiger partial charge in [-0.25, -0.2) is 9.48 Å². The van der Waals surface area contributed by atoms with Gasteiger partial charge in [0.1, 0.15) is 0 Å². The maximum Gasteiger partial charge on any atom is 0.421 e. The van der Waals surface area contributed by atoms with Gasteiger partial charge in [0.15, 0.2) is 5.58 Å². The van der Waals surface area contributed by atoms with Crippen molar-refractivity contribution in [1.82, 2.24) is 19.2 Å². The zero-order valence-corrected chi connectivity index (χ0v) is 13.9. The Kier molecular flexibility index (Phi) is 3.95. The minimum atomic E-state index is -0.340. The Morgan fingerprint density at radius 2 is 1.84 bits per heavy atom. The standard InChI is InChI=1S/C19H18N4O2/c1-21(14-22-17-9-5-6-10-18(17)25-19(22)24)12-15-11-20-23(13-15)16-7-3-2-4-8-16/h2-11,13H,12,14H2,1H3. The summed E-state index contributed by atoms with van der Waals surface area (Å²) in [5.41, 5.74) is 3.51. The Labute approximate surface area is 144 Å². The summed E-state index contributed by atoms with van der Waals surface area (Å²) in [5, 5.41) is 4.41. The van der Waals surface area contributed by atoms with Gasteiger partial charge in [-0.1, -0.05) is 30.3 Å². The van der Waals surface area contributed by atoms with Crippen LogP contribution in [0.4, 0.5) is 0 Å². The highest BCUT2D eigenvalue weighted by Gasteiger charge is 2.11. The maximum atomic E-state index is 12.1. The summed E-state index contributed by atoms with van der Waals surface area (Å²) >= 11 is 0. The van der Waals surface area contributed by atoms with Crippen molar-refractivity contribution in [3.05, 3.63) is 83.1 Å². The van der Waals surface area contributed by atoms with Crippen LogP contribution < -0.4 is 5.76 Å². The number of hydrogen-bond donors (Lipinski definition) is 0. The van der Waals surface area contributed by atoms with E-state index in [9.17, 15) is 4.79 Å². The first-order chi connectivity index (χ1) is 12.2.